The number of carbonyl (C=O) groups is 2. The number of hydrogen-bond donors (Lipinski definition) is 2. The number of rotatable bonds is 12. The molecule has 0 bridgehead atoms. The van der Waals surface area contributed by atoms with Crippen molar-refractivity contribution in [3.8, 4) is 0 Å². The van der Waals surface area contributed by atoms with Gasteiger partial charge in [0.25, 0.3) is 0 Å². The highest BCUT2D eigenvalue weighted by Crippen LogP contribution is 2.63. The van der Waals surface area contributed by atoms with E-state index in [2.05, 4.69) is 124 Å². The lowest BCUT2D eigenvalue weighted by atomic mass is 9.46. The molecule has 2 aliphatic heterocycles. The molecule has 6 aliphatic carbocycles. The predicted octanol–water partition coefficient (Wildman–Crippen LogP) is 10.3. The van der Waals surface area contributed by atoms with Crippen molar-refractivity contribution >= 4 is 23.5 Å². The molecule has 1 aromatic rings. The maximum absolute atomic E-state index is 14.2. The Balaban J connectivity index is 0.774. The molecule has 0 radical (unpaired) electrons. The number of carbonyl (C=O) groups excluding carboxylic acids is 2. The second-order valence-electron chi connectivity index (χ2n) is 22.9. The molecule has 8 unspecified atom stereocenters. The Hall–Kier alpha value is -3.94. The molecule has 346 valence electrons. The standard InChI is InChI=1S/C56H80N6O2/c1-37(2)41-15-19-45-43(35-41)17-21-47-53(45,5)23-9-25-55(47,7)51(63)59-29-33-61-31-27-57-49(61)39-11-13-40(14-12-39)50-58-28-32-62(50)34-30-60-52(64)56(8)26-10-24-54(6)46-20-16-42(38(3)4)36-44(46)18-22-48(54)56/h11-14,17-18,35-38,45-48H,9-10,15-16,19-34H2,1-8H3,(H,59,63)(H,60,64). The minimum Gasteiger partial charge on any atom is -0.354 e. The van der Waals surface area contributed by atoms with E-state index >= 15 is 0 Å². The number of nitrogens with one attached hydrogen (secondary N) is 2. The van der Waals surface area contributed by atoms with Crippen molar-refractivity contribution in [3.05, 3.63) is 82.0 Å². The zero-order valence-electron chi connectivity index (χ0n) is 40.8. The molecule has 2 saturated carbocycles. The number of amidine groups is 2. The molecule has 0 aromatic heterocycles. The number of allylic oxidation sites excluding steroid dienone is 8. The van der Waals surface area contributed by atoms with Gasteiger partial charge in [-0.1, -0.05) is 128 Å². The van der Waals surface area contributed by atoms with E-state index in [9.17, 15) is 9.59 Å². The van der Waals surface area contributed by atoms with Crippen LogP contribution < -0.4 is 10.6 Å². The second-order valence-corrected chi connectivity index (χ2v) is 22.9. The lowest BCUT2D eigenvalue weighted by molar-refractivity contribution is -0.144. The first-order valence-electron chi connectivity index (χ1n) is 25.7. The zero-order valence-corrected chi connectivity index (χ0v) is 40.8. The van der Waals surface area contributed by atoms with Gasteiger partial charge >= 0.3 is 0 Å². The topological polar surface area (TPSA) is 89.4 Å². The third-order valence-corrected chi connectivity index (χ3v) is 18.8. The van der Waals surface area contributed by atoms with Gasteiger partial charge in [0.2, 0.25) is 11.8 Å². The van der Waals surface area contributed by atoms with Crippen LogP contribution in [-0.4, -0.2) is 85.6 Å². The van der Waals surface area contributed by atoms with Gasteiger partial charge in [-0.2, -0.15) is 0 Å². The molecule has 64 heavy (non-hydrogen) atoms. The number of benzene rings is 1. The minimum absolute atomic E-state index is 0.171. The van der Waals surface area contributed by atoms with E-state index in [0.29, 0.717) is 48.6 Å². The van der Waals surface area contributed by atoms with Crippen LogP contribution >= 0.6 is 0 Å². The summed E-state index contributed by atoms with van der Waals surface area (Å²) < 4.78 is 0. The molecule has 1 aromatic carbocycles. The number of hydrogen-bond acceptors (Lipinski definition) is 6. The molecule has 0 saturated heterocycles. The average Bonchev–Trinajstić information content (AvgIpc) is 3.96. The molecule has 2 heterocycles. The molecule has 8 aliphatic rings. The molecule has 8 atom stereocenters. The van der Waals surface area contributed by atoms with E-state index in [-0.39, 0.29) is 33.5 Å². The second kappa shape index (κ2) is 17.7. The van der Waals surface area contributed by atoms with Crippen molar-refractivity contribution in [2.24, 2.45) is 67.2 Å². The lowest BCUT2D eigenvalue weighted by Gasteiger charge is -2.57. The van der Waals surface area contributed by atoms with Gasteiger partial charge in [0.15, 0.2) is 0 Å². The molecule has 9 rings (SSSR count). The van der Waals surface area contributed by atoms with Crippen LogP contribution in [0.1, 0.15) is 144 Å². The summed E-state index contributed by atoms with van der Waals surface area (Å²) in [6, 6.07) is 8.73. The van der Waals surface area contributed by atoms with E-state index in [0.717, 1.165) is 101 Å². The predicted molar refractivity (Wildman–Crippen MR) is 262 cm³/mol. The Labute approximate surface area is 386 Å². The summed E-state index contributed by atoms with van der Waals surface area (Å²) in [4.78, 5) is 43.0. The van der Waals surface area contributed by atoms with Gasteiger partial charge in [0, 0.05) is 50.4 Å². The van der Waals surface area contributed by atoms with Gasteiger partial charge in [0.05, 0.1) is 23.9 Å². The highest BCUT2D eigenvalue weighted by Gasteiger charge is 2.58. The van der Waals surface area contributed by atoms with Gasteiger partial charge in [-0.15, -0.1) is 0 Å². The number of amides is 2. The molecule has 8 heteroatoms. The molecule has 2 fully saturated rings. The van der Waals surface area contributed by atoms with E-state index in [1.165, 1.54) is 38.5 Å². The SMILES string of the molecule is CC(C)C1=CC2=CCC3C(C)(C(=O)NCCN4CCN=C4c4ccc(C5=NCCN5CCNC(=O)C5(C)CCCC6(C)C7CCC(C(C)C)=CC7=CCC56)cc4)CCCC3(C)C2CC1. The van der Waals surface area contributed by atoms with Gasteiger partial charge in [-0.25, -0.2) is 0 Å². The highest BCUT2D eigenvalue weighted by molar-refractivity contribution is 6.03. The van der Waals surface area contributed by atoms with Crippen LogP contribution in [0.5, 0.6) is 0 Å². The molecule has 8 nitrogen and oxygen atoms in total. The molecule has 2 amide bonds. The summed E-state index contributed by atoms with van der Waals surface area (Å²) in [5, 5.41) is 6.88. The fraction of sp³-hybridized carbons (Fsp3) is 0.679. The quantitative estimate of drug-likeness (QED) is 0.219. The monoisotopic (exact) mass is 869 g/mol. The summed E-state index contributed by atoms with van der Waals surface area (Å²) in [7, 11) is 0. The zero-order chi connectivity index (χ0) is 45.0. The van der Waals surface area contributed by atoms with Gasteiger partial charge in [-0.3, -0.25) is 19.6 Å². The van der Waals surface area contributed by atoms with Crippen LogP contribution in [0.3, 0.4) is 0 Å². The number of aliphatic imine (C=N–C) groups is 2. The van der Waals surface area contributed by atoms with E-state index < -0.39 is 0 Å². The van der Waals surface area contributed by atoms with Crippen molar-refractivity contribution in [1.29, 1.82) is 0 Å². The fourth-order valence-corrected chi connectivity index (χ4v) is 15.0. The molecule has 0 spiro atoms. The van der Waals surface area contributed by atoms with E-state index in [1.807, 2.05) is 0 Å². The largest absolute Gasteiger partial charge is 0.354 e. The Kier molecular flexibility index (Phi) is 12.5. The normalized spacial score (nSPS) is 34.7. The van der Waals surface area contributed by atoms with Crippen molar-refractivity contribution < 1.29 is 9.59 Å². The van der Waals surface area contributed by atoms with Crippen LogP contribution in [0.15, 0.2) is 80.8 Å². The van der Waals surface area contributed by atoms with Gasteiger partial charge < -0.3 is 20.4 Å². The van der Waals surface area contributed by atoms with Crippen LogP contribution in [0, 0.1) is 57.2 Å². The van der Waals surface area contributed by atoms with Crippen molar-refractivity contribution in [3.63, 3.8) is 0 Å². The van der Waals surface area contributed by atoms with Crippen LogP contribution in [0.2, 0.25) is 0 Å². The third kappa shape index (κ3) is 7.96. The van der Waals surface area contributed by atoms with Crippen LogP contribution in [-0.2, 0) is 9.59 Å². The van der Waals surface area contributed by atoms with Crippen molar-refractivity contribution in [1.82, 2.24) is 20.4 Å². The highest BCUT2D eigenvalue weighted by atomic mass is 16.2. The lowest BCUT2D eigenvalue weighted by Crippen LogP contribution is -2.56. The van der Waals surface area contributed by atoms with Crippen molar-refractivity contribution in [2.45, 2.75) is 132 Å². The fourth-order valence-electron chi connectivity index (χ4n) is 15.0. The maximum atomic E-state index is 14.2. The molecular formula is C56H80N6O2. The smallest absolute Gasteiger partial charge is 0.226 e. The van der Waals surface area contributed by atoms with Gasteiger partial charge in [-0.05, 0) is 122 Å². The van der Waals surface area contributed by atoms with Crippen LogP contribution in [0.25, 0.3) is 0 Å². The first-order chi connectivity index (χ1) is 30.7. The Morgan fingerprint density at radius 1 is 0.641 bits per heavy atom. The maximum Gasteiger partial charge on any atom is 0.226 e. The summed E-state index contributed by atoms with van der Waals surface area (Å²) in [6.07, 6.45) is 23.5. The minimum atomic E-state index is -0.352. The molecular weight excluding hydrogens is 789 g/mol. The molecule has 2 N–H and O–H groups in total. The number of fused-ring (bicyclic) bond motifs is 6. The third-order valence-electron chi connectivity index (χ3n) is 18.8. The summed E-state index contributed by atoms with van der Waals surface area (Å²) in [6.45, 7) is 24.9. The van der Waals surface area contributed by atoms with Crippen LogP contribution in [0.4, 0.5) is 0 Å². The Morgan fingerprint density at radius 2 is 1.05 bits per heavy atom. The Morgan fingerprint density at radius 3 is 1.44 bits per heavy atom. The van der Waals surface area contributed by atoms with Gasteiger partial charge in [0.1, 0.15) is 11.7 Å². The average molecular weight is 869 g/mol. The summed E-state index contributed by atoms with van der Waals surface area (Å²) in [5.74, 6) is 5.59. The first kappa shape index (κ1) is 45.2. The summed E-state index contributed by atoms with van der Waals surface area (Å²) in [5.41, 5.74) is 8.13. The van der Waals surface area contributed by atoms with E-state index in [4.69, 9.17) is 9.98 Å². The Bertz CT molecular complexity index is 2010. The van der Waals surface area contributed by atoms with Crippen molar-refractivity contribution in [2.75, 3.05) is 52.4 Å². The summed E-state index contributed by atoms with van der Waals surface area (Å²) >= 11 is 0. The first-order valence-corrected chi connectivity index (χ1v) is 25.7. The number of nitrogens with zero attached hydrogens (tertiary/aromatic N) is 4. The van der Waals surface area contributed by atoms with E-state index in [1.54, 1.807) is 22.3 Å².